The van der Waals surface area contributed by atoms with E-state index in [9.17, 15) is 23.1 Å². The van der Waals surface area contributed by atoms with Crippen LogP contribution in [0.2, 0.25) is 0 Å². The van der Waals surface area contributed by atoms with Crippen LogP contribution in [-0.4, -0.2) is 56.9 Å². The molecule has 2 rings (SSSR count). The van der Waals surface area contributed by atoms with Gasteiger partial charge in [0.15, 0.2) is 5.75 Å². The molecule has 0 spiro atoms. The first-order valence-corrected chi connectivity index (χ1v) is 12.6. The molecule has 0 aliphatic heterocycles. The highest BCUT2D eigenvalue weighted by molar-refractivity contribution is 7.89. The fraction of sp³-hybridized carbons (Fsp3) is 0.417. The van der Waals surface area contributed by atoms with Gasteiger partial charge in [0, 0.05) is 32.7 Å². The van der Waals surface area contributed by atoms with Gasteiger partial charge in [0.2, 0.25) is 15.9 Å². The minimum atomic E-state index is -4.08. The number of hydrogen-bond acceptors (Lipinski definition) is 6. The third-order valence-electron chi connectivity index (χ3n) is 5.28. The minimum absolute atomic E-state index is 0.00697. The number of unbranched alkanes of at least 4 members (excludes halogenated alkanes) is 2. The van der Waals surface area contributed by atoms with Gasteiger partial charge in [-0.25, -0.2) is 17.5 Å². The lowest BCUT2D eigenvalue weighted by Gasteiger charge is -2.29. The number of aromatic carboxylic acids is 1. The maximum absolute atomic E-state index is 13.3. The van der Waals surface area contributed by atoms with E-state index in [2.05, 4.69) is 0 Å². The number of rotatable bonds is 13. The van der Waals surface area contributed by atoms with Crippen molar-refractivity contribution in [3.05, 3.63) is 47.5 Å². The summed E-state index contributed by atoms with van der Waals surface area (Å²) in [5.74, 6) is -1.68. The Morgan fingerprint density at radius 3 is 2.12 bits per heavy atom. The van der Waals surface area contributed by atoms with E-state index in [1.807, 2.05) is 18.7 Å². The van der Waals surface area contributed by atoms with Crippen LogP contribution in [0, 0.1) is 0 Å². The highest BCUT2D eigenvalue weighted by atomic mass is 32.2. The Morgan fingerprint density at radius 1 is 1.00 bits per heavy atom. The van der Waals surface area contributed by atoms with E-state index in [0.29, 0.717) is 18.8 Å². The van der Waals surface area contributed by atoms with Gasteiger partial charge in [0.25, 0.3) is 0 Å². The minimum Gasteiger partial charge on any atom is -0.478 e. The van der Waals surface area contributed by atoms with Gasteiger partial charge < -0.3 is 20.5 Å². The number of carbonyl (C=O) groups is 2. The number of anilines is 1. The summed E-state index contributed by atoms with van der Waals surface area (Å²) >= 11 is 0. The van der Waals surface area contributed by atoms with Crippen molar-refractivity contribution in [2.45, 2.75) is 44.4 Å². The van der Waals surface area contributed by atoms with Crippen LogP contribution in [0.5, 0.6) is 11.5 Å². The number of amides is 1. The molecule has 0 heterocycles. The number of ether oxygens (including phenoxy) is 1. The first-order chi connectivity index (χ1) is 16.0. The average molecular weight is 492 g/mol. The lowest BCUT2D eigenvalue weighted by Crippen LogP contribution is -2.28. The molecule has 2 aromatic carbocycles. The van der Waals surface area contributed by atoms with Crippen LogP contribution in [0.15, 0.2) is 41.3 Å². The van der Waals surface area contributed by atoms with E-state index in [-0.39, 0.29) is 27.5 Å². The average Bonchev–Trinajstić information content (AvgIpc) is 2.79. The number of benzene rings is 2. The van der Waals surface area contributed by atoms with Crippen molar-refractivity contribution >= 4 is 27.6 Å². The summed E-state index contributed by atoms with van der Waals surface area (Å²) in [5.41, 5.74) is 5.79. The topological polar surface area (TPSA) is 130 Å². The van der Waals surface area contributed by atoms with Gasteiger partial charge in [0.05, 0.1) is 11.3 Å². The molecule has 1 amide bonds. The molecule has 2 aromatic rings. The summed E-state index contributed by atoms with van der Waals surface area (Å²) in [4.78, 5) is 25.3. The van der Waals surface area contributed by atoms with Crippen molar-refractivity contribution in [2.24, 2.45) is 5.73 Å². The molecular weight excluding hydrogens is 458 g/mol. The Bertz CT molecular complexity index is 1120. The monoisotopic (exact) mass is 491 g/mol. The third-order valence-corrected chi connectivity index (χ3v) is 7.10. The zero-order chi connectivity index (χ0) is 25.5. The second-order valence-electron chi connectivity index (χ2n) is 8.10. The zero-order valence-corrected chi connectivity index (χ0v) is 20.9. The lowest BCUT2D eigenvalue weighted by molar-refractivity contribution is 0.0696. The lowest BCUT2D eigenvalue weighted by atomic mass is 10.1. The van der Waals surface area contributed by atoms with E-state index in [0.717, 1.165) is 36.1 Å². The van der Waals surface area contributed by atoms with Crippen molar-refractivity contribution in [3.63, 3.8) is 0 Å². The second kappa shape index (κ2) is 11.8. The number of primary amides is 1. The molecule has 0 atom stereocenters. The standard InChI is InChI=1S/C24H33N3O6S/c1-5-7-12-27(13-8-6-2)20-15-18(24(29)30)16-21(34(31,32)26(3)4)22(20)33-19-11-9-10-17(14-19)23(25)28/h9-11,14-16H,5-8,12-13H2,1-4H3,(H2,25,28)(H,29,30). The van der Waals surface area contributed by atoms with Gasteiger partial charge in [-0.05, 0) is 43.2 Å². The molecule has 34 heavy (non-hydrogen) atoms. The summed E-state index contributed by atoms with van der Waals surface area (Å²) in [6, 6.07) is 8.64. The van der Waals surface area contributed by atoms with Crippen molar-refractivity contribution < 1.29 is 27.9 Å². The number of sulfonamides is 1. The van der Waals surface area contributed by atoms with Gasteiger partial charge in [0.1, 0.15) is 10.6 Å². The molecule has 0 aliphatic carbocycles. The van der Waals surface area contributed by atoms with Gasteiger partial charge in [-0.15, -0.1) is 0 Å². The van der Waals surface area contributed by atoms with Gasteiger partial charge in [-0.3, -0.25) is 4.79 Å². The molecule has 0 aromatic heterocycles. The predicted octanol–water partition coefficient (Wildman–Crippen LogP) is 3.93. The van der Waals surface area contributed by atoms with Crippen LogP contribution in [0.1, 0.15) is 60.2 Å². The molecule has 0 fully saturated rings. The van der Waals surface area contributed by atoms with E-state index in [4.69, 9.17) is 10.5 Å². The summed E-state index contributed by atoms with van der Waals surface area (Å²) in [6.45, 7) is 5.28. The van der Waals surface area contributed by atoms with Crippen LogP contribution in [0.25, 0.3) is 0 Å². The van der Waals surface area contributed by atoms with Gasteiger partial charge >= 0.3 is 5.97 Å². The second-order valence-corrected chi connectivity index (χ2v) is 10.2. The Kier molecular flexibility index (Phi) is 9.46. The van der Waals surface area contributed by atoms with Crippen LogP contribution >= 0.6 is 0 Å². The van der Waals surface area contributed by atoms with E-state index >= 15 is 0 Å². The molecule has 9 nitrogen and oxygen atoms in total. The normalized spacial score (nSPS) is 11.4. The van der Waals surface area contributed by atoms with Gasteiger partial charge in [-0.1, -0.05) is 32.8 Å². The summed E-state index contributed by atoms with van der Waals surface area (Å²) in [5, 5.41) is 9.73. The molecule has 0 saturated heterocycles. The van der Waals surface area contributed by atoms with Crippen molar-refractivity contribution in [3.8, 4) is 11.5 Å². The molecule has 0 radical (unpaired) electrons. The molecule has 0 bridgehead atoms. The quantitative estimate of drug-likeness (QED) is 0.434. The number of carbonyl (C=O) groups excluding carboxylic acids is 1. The fourth-order valence-electron chi connectivity index (χ4n) is 3.32. The van der Waals surface area contributed by atoms with Crippen molar-refractivity contribution in [2.75, 3.05) is 32.1 Å². The zero-order valence-electron chi connectivity index (χ0n) is 20.1. The molecule has 10 heteroatoms. The van der Waals surface area contributed by atoms with Crippen LogP contribution in [0.3, 0.4) is 0 Å². The Morgan fingerprint density at radius 2 is 1.62 bits per heavy atom. The summed E-state index contributed by atoms with van der Waals surface area (Å²) < 4.78 is 33.6. The molecule has 0 unspecified atom stereocenters. The maximum atomic E-state index is 13.3. The fourth-order valence-corrected chi connectivity index (χ4v) is 4.37. The molecule has 186 valence electrons. The highest BCUT2D eigenvalue weighted by Crippen LogP contribution is 2.41. The van der Waals surface area contributed by atoms with E-state index in [1.54, 1.807) is 12.1 Å². The molecule has 3 N–H and O–H groups in total. The maximum Gasteiger partial charge on any atom is 0.335 e. The third kappa shape index (κ3) is 6.48. The molecular formula is C24H33N3O6S. The molecule has 0 aliphatic rings. The highest BCUT2D eigenvalue weighted by Gasteiger charge is 2.29. The number of carboxylic acids is 1. The largest absolute Gasteiger partial charge is 0.478 e. The SMILES string of the molecule is CCCCN(CCCC)c1cc(C(=O)O)cc(S(=O)(=O)N(C)C)c1Oc1cccc(C(N)=O)c1. The van der Waals surface area contributed by atoms with Crippen molar-refractivity contribution in [1.82, 2.24) is 4.31 Å². The Labute approximate surface area is 201 Å². The Hall–Kier alpha value is -3.11. The first kappa shape index (κ1) is 27.1. The predicted molar refractivity (Wildman–Crippen MR) is 131 cm³/mol. The number of hydrogen-bond donors (Lipinski definition) is 2. The summed E-state index contributed by atoms with van der Waals surface area (Å²) in [7, 11) is -1.35. The summed E-state index contributed by atoms with van der Waals surface area (Å²) in [6.07, 6.45) is 3.46. The molecule has 0 saturated carbocycles. The Balaban J connectivity index is 2.84. The van der Waals surface area contributed by atoms with E-state index in [1.165, 1.54) is 32.3 Å². The van der Waals surface area contributed by atoms with Crippen LogP contribution < -0.4 is 15.4 Å². The smallest absolute Gasteiger partial charge is 0.335 e. The van der Waals surface area contributed by atoms with Crippen LogP contribution in [0.4, 0.5) is 5.69 Å². The van der Waals surface area contributed by atoms with Gasteiger partial charge in [-0.2, -0.15) is 0 Å². The first-order valence-electron chi connectivity index (χ1n) is 11.2. The number of carboxylic acid groups (broad SMARTS) is 1. The van der Waals surface area contributed by atoms with Crippen molar-refractivity contribution in [1.29, 1.82) is 0 Å². The van der Waals surface area contributed by atoms with E-state index < -0.39 is 21.9 Å². The number of nitrogens with zero attached hydrogens (tertiary/aromatic N) is 2. The number of nitrogens with two attached hydrogens (primary N) is 1. The van der Waals surface area contributed by atoms with Crippen LogP contribution in [-0.2, 0) is 10.0 Å².